The Hall–Kier alpha value is -2.86. The molecular weight excluding hydrogens is 368 g/mol. The molecule has 0 saturated heterocycles. The second-order valence-electron chi connectivity index (χ2n) is 5.94. The SMILES string of the molecule is Cc1ccccc1NC(=O)CCCC(=O)OCC(=O)Nc1cccc(Cl)c1. The second kappa shape index (κ2) is 10.3. The molecule has 0 radical (unpaired) electrons. The first kappa shape index (κ1) is 20.5. The van der Waals surface area contributed by atoms with Gasteiger partial charge in [-0.25, -0.2) is 0 Å². The van der Waals surface area contributed by atoms with Gasteiger partial charge in [-0.2, -0.15) is 0 Å². The van der Waals surface area contributed by atoms with Crippen LogP contribution in [0.4, 0.5) is 11.4 Å². The molecule has 7 heteroatoms. The fourth-order valence-electron chi connectivity index (χ4n) is 2.30. The number of benzene rings is 2. The van der Waals surface area contributed by atoms with E-state index in [0.29, 0.717) is 17.1 Å². The number of ether oxygens (including phenoxy) is 1. The Morgan fingerprint density at radius 1 is 0.963 bits per heavy atom. The van der Waals surface area contributed by atoms with Gasteiger partial charge in [0.2, 0.25) is 5.91 Å². The molecule has 0 spiro atoms. The molecule has 0 aromatic heterocycles. The number of nitrogens with one attached hydrogen (secondary N) is 2. The molecule has 2 rings (SSSR count). The van der Waals surface area contributed by atoms with Gasteiger partial charge in [0.05, 0.1) is 0 Å². The highest BCUT2D eigenvalue weighted by Crippen LogP contribution is 2.15. The number of carbonyl (C=O) groups is 3. The zero-order valence-electron chi connectivity index (χ0n) is 15.0. The predicted octanol–water partition coefficient (Wildman–Crippen LogP) is 3.94. The molecule has 2 amide bonds. The van der Waals surface area contributed by atoms with Crippen molar-refractivity contribution in [3.63, 3.8) is 0 Å². The fraction of sp³-hybridized carbons (Fsp3) is 0.250. The number of hydrogen-bond donors (Lipinski definition) is 2. The number of para-hydroxylation sites is 1. The van der Waals surface area contributed by atoms with Gasteiger partial charge in [-0.3, -0.25) is 14.4 Å². The van der Waals surface area contributed by atoms with E-state index in [1.165, 1.54) is 0 Å². The van der Waals surface area contributed by atoms with E-state index in [4.69, 9.17) is 16.3 Å². The number of anilines is 2. The molecule has 2 aromatic rings. The first-order valence-corrected chi connectivity index (χ1v) is 8.88. The van der Waals surface area contributed by atoms with Crippen LogP contribution in [0.5, 0.6) is 0 Å². The average Bonchev–Trinajstić information content (AvgIpc) is 2.62. The van der Waals surface area contributed by atoms with Crippen LogP contribution in [-0.4, -0.2) is 24.4 Å². The summed E-state index contributed by atoms with van der Waals surface area (Å²) in [5, 5.41) is 5.87. The molecule has 0 saturated carbocycles. The van der Waals surface area contributed by atoms with Gasteiger partial charge in [0, 0.05) is 29.2 Å². The lowest BCUT2D eigenvalue weighted by Crippen LogP contribution is -2.21. The Labute approximate surface area is 162 Å². The molecule has 0 aliphatic heterocycles. The molecule has 142 valence electrons. The van der Waals surface area contributed by atoms with E-state index in [1.807, 2.05) is 31.2 Å². The summed E-state index contributed by atoms with van der Waals surface area (Å²) in [6, 6.07) is 14.1. The molecule has 0 aliphatic carbocycles. The monoisotopic (exact) mass is 388 g/mol. The first-order chi connectivity index (χ1) is 12.9. The Bertz CT molecular complexity index is 823. The summed E-state index contributed by atoms with van der Waals surface area (Å²) >= 11 is 5.83. The minimum Gasteiger partial charge on any atom is -0.456 e. The fourth-order valence-corrected chi connectivity index (χ4v) is 2.49. The average molecular weight is 389 g/mol. The molecule has 0 fully saturated rings. The maximum Gasteiger partial charge on any atom is 0.306 e. The van der Waals surface area contributed by atoms with Crippen molar-refractivity contribution in [1.29, 1.82) is 0 Å². The first-order valence-electron chi connectivity index (χ1n) is 8.50. The molecule has 0 atom stereocenters. The van der Waals surface area contributed by atoms with Gasteiger partial charge in [0.25, 0.3) is 5.91 Å². The third-order valence-corrected chi connectivity index (χ3v) is 3.91. The minimum atomic E-state index is -0.528. The minimum absolute atomic E-state index is 0.0611. The van der Waals surface area contributed by atoms with Crippen LogP contribution in [0, 0.1) is 6.92 Å². The zero-order valence-corrected chi connectivity index (χ0v) is 15.7. The summed E-state index contributed by atoms with van der Waals surface area (Å²) < 4.78 is 4.91. The zero-order chi connectivity index (χ0) is 19.6. The highest BCUT2D eigenvalue weighted by atomic mass is 35.5. The van der Waals surface area contributed by atoms with Crippen molar-refractivity contribution in [2.75, 3.05) is 17.2 Å². The number of carbonyl (C=O) groups excluding carboxylic acids is 3. The quantitative estimate of drug-likeness (QED) is 0.671. The van der Waals surface area contributed by atoms with Gasteiger partial charge in [0.1, 0.15) is 0 Å². The van der Waals surface area contributed by atoms with E-state index >= 15 is 0 Å². The molecular formula is C20H21ClN2O4. The Balaban J connectivity index is 1.63. The molecule has 0 aliphatic rings. The number of halogens is 1. The van der Waals surface area contributed by atoms with Crippen LogP contribution in [0.25, 0.3) is 0 Å². The number of amides is 2. The van der Waals surface area contributed by atoms with Gasteiger partial charge >= 0.3 is 5.97 Å². The lowest BCUT2D eigenvalue weighted by Gasteiger charge is -2.08. The number of esters is 1. The Morgan fingerprint density at radius 2 is 1.74 bits per heavy atom. The van der Waals surface area contributed by atoms with Crippen LogP contribution in [0.15, 0.2) is 48.5 Å². The summed E-state index contributed by atoms with van der Waals surface area (Å²) in [6.45, 7) is 1.52. The van der Waals surface area contributed by atoms with E-state index in [1.54, 1.807) is 24.3 Å². The van der Waals surface area contributed by atoms with Crippen LogP contribution in [-0.2, 0) is 19.1 Å². The summed E-state index contributed by atoms with van der Waals surface area (Å²) in [6.07, 6.45) is 0.593. The lowest BCUT2D eigenvalue weighted by atomic mass is 10.2. The van der Waals surface area contributed by atoms with E-state index in [-0.39, 0.29) is 25.4 Å². The molecule has 6 nitrogen and oxygen atoms in total. The standard InChI is InChI=1S/C20H21ClN2O4/c1-14-6-2-3-9-17(14)23-18(24)10-5-11-20(26)27-13-19(25)22-16-8-4-7-15(21)12-16/h2-4,6-9,12H,5,10-11,13H2,1H3,(H,22,25)(H,23,24). The maximum absolute atomic E-state index is 11.9. The molecule has 27 heavy (non-hydrogen) atoms. The number of rotatable bonds is 8. The van der Waals surface area contributed by atoms with Gasteiger partial charge in [-0.1, -0.05) is 35.9 Å². The van der Waals surface area contributed by atoms with Crippen molar-refractivity contribution in [3.8, 4) is 0 Å². The molecule has 2 aromatic carbocycles. The molecule has 0 unspecified atom stereocenters. The van der Waals surface area contributed by atoms with Crippen LogP contribution in [0.3, 0.4) is 0 Å². The van der Waals surface area contributed by atoms with E-state index in [0.717, 1.165) is 11.3 Å². The largest absolute Gasteiger partial charge is 0.456 e. The molecule has 0 bridgehead atoms. The van der Waals surface area contributed by atoms with Crippen molar-refractivity contribution >= 4 is 40.8 Å². The number of hydrogen-bond acceptors (Lipinski definition) is 4. The van der Waals surface area contributed by atoms with Crippen LogP contribution in [0.2, 0.25) is 5.02 Å². The number of aryl methyl sites for hydroxylation is 1. The van der Waals surface area contributed by atoms with E-state index in [9.17, 15) is 14.4 Å². The van der Waals surface area contributed by atoms with Crippen LogP contribution < -0.4 is 10.6 Å². The summed E-state index contributed by atoms with van der Waals surface area (Å²) in [4.78, 5) is 35.3. The maximum atomic E-state index is 11.9. The highest BCUT2D eigenvalue weighted by Gasteiger charge is 2.10. The summed E-state index contributed by atoms with van der Waals surface area (Å²) in [5.41, 5.74) is 2.25. The Kier molecular flexibility index (Phi) is 7.82. The third kappa shape index (κ3) is 7.50. The lowest BCUT2D eigenvalue weighted by molar-refractivity contribution is -0.147. The summed E-state index contributed by atoms with van der Waals surface area (Å²) in [7, 11) is 0. The van der Waals surface area contributed by atoms with Crippen molar-refractivity contribution in [2.45, 2.75) is 26.2 Å². The topological polar surface area (TPSA) is 84.5 Å². The molecule has 2 N–H and O–H groups in total. The summed E-state index contributed by atoms with van der Waals surface area (Å²) in [5.74, 6) is -1.15. The van der Waals surface area contributed by atoms with Gasteiger partial charge in [0.15, 0.2) is 6.61 Å². The van der Waals surface area contributed by atoms with Crippen molar-refractivity contribution in [3.05, 3.63) is 59.1 Å². The smallest absolute Gasteiger partial charge is 0.306 e. The highest BCUT2D eigenvalue weighted by molar-refractivity contribution is 6.30. The third-order valence-electron chi connectivity index (χ3n) is 3.68. The van der Waals surface area contributed by atoms with E-state index < -0.39 is 11.9 Å². The Morgan fingerprint density at radius 3 is 2.48 bits per heavy atom. The predicted molar refractivity (Wildman–Crippen MR) is 105 cm³/mol. The second-order valence-corrected chi connectivity index (χ2v) is 6.37. The van der Waals surface area contributed by atoms with E-state index in [2.05, 4.69) is 10.6 Å². The van der Waals surface area contributed by atoms with Crippen LogP contribution in [0.1, 0.15) is 24.8 Å². The van der Waals surface area contributed by atoms with Crippen molar-refractivity contribution < 1.29 is 19.1 Å². The van der Waals surface area contributed by atoms with Crippen LogP contribution >= 0.6 is 11.6 Å². The molecule has 0 heterocycles. The van der Waals surface area contributed by atoms with Crippen molar-refractivity contribution in [2.24, 2.45) is 0 Å². The van der Waals surface area contributed by atoms with Crippen molar-refractivity contribution in [1.82, 2.24) is 0 Å². The van der Waals surface area contributed by atoms with Gasteiger partial charge in [-0.15, -0.1) is 0 Å². The normalized spacial score (nSPS) is 10.1. The van der Waals surface area contributed by atoms with Gasteiger partial charge < -0.3 is 15.4 Å². The van der Waals surface area contributed by atoms with Gasteiger partial charge in [-0.05, 0) is 43.2 Å².